The van der Waals surface area contributed by atoms with Gasteiger partial charge >= 0.3 is 0 Å². The van der Waals surface area contributed by atoms with Crippen molar-refractivity contribution in [1.29, 1.82) is 0 Å². The minimum absolute atomic E-state index is 0.0149. The molecule has 0 spiro atoms. The average Bonchev–Trinajstić information content (AvgIpc) is 3.29. The number of carbonyl (C=O) groups excluding carboxylic acids is 1. The highest BCUT2D eigenvalue weighted by molar-refractivity contribution is 7.18. The van der Waals surface area contributed by atoms with Gasteiger partial charge in [0.15, 0.2) is 0 Å². The zero-order valence-electron chi connectivity index (χ0n) is 15.6. The van der Waals surface area contributed by atoms with Crippen molar-refractivity contribution in [3.8, 4) is 0 Å². The van der Waals surface area contributed by atoms with Crippen LogP contribution in [0.3, 0.4) is 0 Å². The third-order valence-corrected chi connectivity index (χ3v) is 6.82. The number of likely N-dealkylation sites (tertiary alicyclic amines) is 1. The summed E-state index contributed by atoms with van der Waals surface area (Å²) in [5, 5.41) is 1.85. The third-order valence-electron chi connectivity index (χ3n) is 5.62. The zero-order chi connectivity index (χ0) is 19.3. The first-order valence-electron chi connectivity index (χ1n) is 9.49. The summed E-state index contributed by atoms with van der Waals surface area (Å²) in [6.45, 7) is 1.40. The molecule has 0 bridgehead atoms. The fourth-order valence-electron chi connectivity index (χ4n) is 4.10. The maximum absolute atomic E-state index is 13.7. The minimum atomic E-state index is -0.317. The predicted octanol–water partition coefficient (Wildman–Crippen LogP) is 4.95. The number of amides is 1. The Morgan fingerprint density at radius 2 is 1.96 bits per heavy atom. The fourth-order valence-corrected chi connectivity index (χ4v) is 5.24. The molecule has 0 unspecified atom stereocenters. The van der Waals surface area contributed by atoms with E-state index < -0.39 is 0 Å². The molecule has 0 saturated carbocycles. The van der Waals surface area contributed by atoms with Gasteiger partial charge in [-0.3, -0.25) is 4.79 Å². The van der Waals surface area contributed by atoms with Crippen LogP contribution >= 0.6 is 11.3 Å². The van der Waals surface area contributed by atoms with Crippen molar-refractivity contribution in [2.24, 2.45) is 7.05 Å². The van der Waals surface area contributed by atoms with E-state index in [0.29, 0.717) is 30.0 Å². The molecule has 0 radical (unpaired) electrons. The molecule has 0 N–H and O–H groups in total. The zero-order valence-corrected chi connectivity index (χ0v) is 16.4. The van der Waals surface area contributed by atoms with E-state index in [4.69, 9.17) is 4.98 Å². The minimum Gasteiger partial charge on any atom is -0.350 e. The van der Waals surface area contributed by atoms with Gasteiger partial charge in [0, 0.05) is 43.2 Å². The van der Waals surface area contributed by atoms with Crippen molar-refractivity contribution < 1.29 is 9.18 Å². The van der Waals surface area contributed by atoms with Crippen LogP contribution in [0.5, 0.6) is 0 Å². The number of aryl methyl sites for hydroxylation is 1. The highest BCUT2D eigenvalue weighted by Gasteiger charge is 2.28. The highest BCUT2D eigenvalue weighted by Crippen LogP contribution is 2.34. The maximum Gasteiger partial charge on any atom is 0.256 e. The lowest BCUT2D eigenvalue weighted by molar-refractivity contribution is 0.0715. The standard InChI is InChI=1S/C22H20FN3OS/c1-25-13-17(16-12-15(23)6-7-19(16)25)22(27)26-10-8-14(9-11-26)21-24-18-4-2-3-5-20(18)28-21/h2-7,12-14H,8-11H2,1H3. The molecule has 1 aliphatic rings. The van der Waals surface area contributed by atoms with E-state index in [-0.39, 0.29) is 11.7 Å². The molecule has 5 rings (SSSR count). The largest absolute Gasteiger partial charge is 0.350 e. The number of hydrogen-bond donors (Lipinski definition) is 0. The number of halogens is 1. The highest BCUT2D eigenvalue weighted by atomic mass is 32.1. The summed E-state index contributed by atoms with van der Waals surface area (Å²) in [6.07, 6.45) is 3.63. The predicted molar refractivity (Wildman–Crippen MR) is 110 cm³/mol. The molecule has 4 aromatic rings. The lowest BCUT2D eigenvalue weighted by Gasteiger charge is -2.31. The molecule has 0 aliphatic carbocycles. The molecule has 1 aliphatic heterocycles. The summed E-state index contributed by atoms with van der Waals surface area (Å²) in [7, 11) is 1.89. The quantitative estimate of drug-likeness (QED) is 0.483. The number of rotatable bonds is 2. The van der Waals surface area contributed by atoms with Gasteiger partial charge in [-0.1, -0.05) is 12.1 Å². The molecule has 4 nitrogen and oxygen atoms in total. The summed E-state index contributed by atoms with van der Waals surface area (Å²) < 4.78 is 16.8. The second kappa shape index (κ2) is 6.71. The Balaban J connectivity index is 1.35. The van der Waals surface area contributed by atoms with E-state index in [1.807, 2.05) is 40.9 Å². The summed E-state index contributed by atoms with van der Waals surface area (Å²) in [5.41, 5.74) is 2.50. The fraction of sp³-hybridized carbons (Fsp3) is 0.273. The second-order valence-corrected chi connectivity index (χ2v) is 8.46. The molecule has 142 valence electrons. The van der Waals surface area contributed by atoms with Crippen LogP contribution in [-0.4, -0.2) is 33.4 Å². The second-order valence-electron chi connectivity index (χ2n) is 7.40. The molecule has 28 heavy (non-hydrogen) atoms. The molecular weight excluding hydrogens is 373 g/mol. The topological polar surface area (TPSA) is 38.1 Å². The molecule has 0 atom stereocenters. The lowest BCUT2D eigenvalue weighted by atomic mass is 9.97. The van der Waals surface area contributed by atoms with Crippen LogP contribution in [0.4, 0.5) is 4.39 Å². The van der Waals surface area contributed by atoms with E-state index in [1.165, 1.54) is 21.8 Å². The van der Waals surface area contributed by atoms with E-state index in [1.54, 1.807) is 17.4 Å². The maximum atomic E-state index is 13.7. The Morgan fingerprint density at radius 3 is 2.75 bits per heavy atom. The smallest absolute Gasteiger partial charge is 0.256 e. The summed E-state index contributed by atoms with van der Waals surface area (Å²) in [5.74, 6) is 0.0626. The monoisotopic (exact) mass is 393 g/mol. The van der Waals surface area contributed by atoms with Crippen molar-refractivity contribution >= 4 is 38.4 Å². The van der Waals surface area contributed by atoms with Gasteiger partial charge < -0.3 is 9.47 Å². The number of benzene rings is 2. The number of piperidine rings is 1. The van der Waals surface area contributed by atoms with Crippen molar-refractivity contribution in [2.75, 3.05) is 13.1 Å². The molecule has 3 heterocycles. The van der Waals surface area contributed by atoms with Crippen LogP contribution in [0, 0.1) is 5.82 Å². The Labute approximate surface area is 166 Å². The van der Waals surface area contributed by atoms with Crippen molar-refractivity contribution in [2.45, 2.75) is 18.8 Å². The number of thiazole rings is 1. The number of para-hydroxylation sites is 1. The van der Waals surface area contributed by atoms with Gasteiger partial charge in [0.25, 0.3) is 5.91 Å². The number of fused-ring (bicyclic) bond motifs is 2. The molecule has 1 amide bonds. The summed E-state index contributed by atoms with van der Waals surface area (Å²) in [6, 6.07) is 12.8. The normalized spacial score (nSPS) is 15.6. The first kappa shape index (κ1) is 17.4. The van der Waals surface area contributed by atoms with E-state index in [9.17, 15) is 9.18 Å². The van der Waals surface area contributed by atoms with Crippen LogP contribution in [0.15, 0.2) is 48.7 Å². The van der Waals surface area contributed by atoms with Gasteiger partial charge in [-0.15, -0.1) is 11.3 Å². The third kappa shape index (κ3) is 2.88. The first-order chi connectivity index (χ1) is 13.6. The molecule has 1 fully saturated rings. The van der Waals surface area contributed by atoms with Crippen LogP contribution in [0.2, 0.25) is 0 Å². The van der Waals surface area contributed by atoms with Crippen LogP contribution in [0.1, 0.15) is 34.1 Å². The van der Waals surface area contributed by atoms with Crippen LogP contribution < -0.4 is 0 Å². The Kier molecular flexibility index (Phi) is 4.16. The first-order valence-corrected chi connectivity index (χ1v) is 10.3. The van der Waals surface area contributed by atoms with Gasteiger partial charge in [-0.25, -0.2) is 9.37 Å². The lowest BCUT2D eigenvalue weighted by Crippen LogP contribution is -2.37. The van der Waals surface area contributed by atoms with Gasteiger partial charge in [0.2, 0.25) is 0 Å². The Hall–Kier alpha value is -2.73. The van der Waals surface area contributed by atoms with E-state index in [0.717, 1.165) is 23.9 Å². The Bertz CT molecular complexity index is 1150. The van der Waals surface area contributed by atoms with Gasteiger partial charge in [-0.05, 0) is 43.2 Å². The van der Waals surface area contributed by atoms with Crippen molar-refractivity contribution in [1.82, 2.24) is 14.5 Å². The summed E-state index contributed by atoms with van der Waals surface area (Å²) in [4.78, 5) is 19.8. The molecular formula is C22H20FN3OS. The van der Waals surface area contributed by atoms with E-state index >= 15 is 0 Å². The number of aromatic nitrogens is 2. The van der Waals surface area contributed by atoms with Crippen LogP contribution in [-0.2, 0) is 7.05 Å². The Morgan fingerprint density at radius 1 is 1.18 bits per heavy atom. The molecule has 2 aromatic carbocycles. The number of hydrogen-bond acceptors (Lipinski definition) is 3. The van der Waals surface area contributed by atoms with Gasteiger partial charge in [0.1, 0.15) is 5.82 Å². The van der Waals surface area contributed by atoms with Crippen molar-refractivity contribution in [3.05, 3.63) is 65.0 Å². The van der Waals surface area contributed by atoms with Gasteiger partial charge in [0.05, 0.1) is 20.8 Å². The summed E-state index contributed by atoms with van der Waals surface area (Å²) >= 11 is 1.76. The van der Waals surface area contributed by atoms with E-state index in [2.05, 4.69) is 6.07 Å². The number of nitrogens with zero attached hydrogens (tertiary/aromatic N) is 3. The molecule has 1 saturated heterocycles. The van der Waals surface area contributed by atoms with Crippen molar-refractivity contribution in [3.63, 3.8) is 0 Å². The molecule has 2 aromatic heterocycles. The molecule has 6 heteroatoms. The average molecular weight is 393 g/mol. The van der Waals surface area contributed by atoms with Gasteiger partial charge in [-0.2, -0.15) is 0 Å². The SMILES string of the molecule is Cn1cc(C(=O)N2CCC(c3nc4ccccc4s3)CC2)c2cc(F)ccc21. The van der Waals surface area contributed by atoms with Crippen LogP contribution in [0.25, 0.3) is 21.1 Å². The number of carbonyl (C=O) groups is 1.